The quantitative estimate of drug-likeness (QED) is 0.656. The molecule has 7 nitrogen and oxygen atoms in total. The van der Waals surface area contributed by atoms with Gasteiger partial charge < -0.3 is 15.5 Å². The van der Waals surface area contributed by atoms with Gasteiger partial charge in [0.2, 0.25) is 0 Å². The summed E-state index contributed by atoms with van der Waals surface area (Å²) in [6.45, 7) is 0.739. The van der Waals surface area contributed by atoms with Crippen LogP contribution in [0, 0.1) is 0 Å². The van der Waals surface area contributed by atoms with Gasteiger partial charge in [-0.1, -0.05) is 6.42 Å². The average molecular weight is 299 g/mol. The number of amides is 2. The highest BCUT2D eigenvalue weighted by Crippen LogP contribution is 2.37. The van der Waals surface area contributed by atoms with Crippen LogP contribution in [0.3, 0.4) is 0 Å². The Morgan fingerprint density at radius 1 is 1.55 bits per heavy atom. The molecule has 0 aliphatic heterocycles. The number of rotatable bonds is 5. The van der Waals surface area contributed by atoms with Crippen LogP contribution in [0.5, 0.6) is 0 Å². The molecule has 4 N–H and O–H groups in total. The Bertz CT molecular complexity index is 511. The second-order valence-corrected chi connectivity index (χ2v) is 5.95. The van der Waals surface area contributed by atoms with Crippen LogP contribution < -0.4 is 10.6 Å². The number of aliphatic carboxylic acids is 1. The Morgan fingerprint density at radius 2 is 2.25 bits per heavy atom. The van der Waals surface area contributed by atoms with E-state index in [1.807, 2.05) is 5.38 Å². The molecule has 1 aromatic heterocycles. The topological polar surface area (TPSA) is 112 Å². The fourth-order valence-electron chi connectivity index (χ4n) is 1.70. The van der Waals surface area contributed by atoms with Gasteiger partial charge in [-0.15, -0.1) is 11.3 Å². The third kappa shape index (κ3) is 3.45. The largest absolute Gasteiger partial charge is 0.479 e. The molecule has 0 aromatic carbocycles. The zero-order valence-electron chi connectivity index (χ0n) is 11.0. The first-order valence-corrected chi connectivity index (χ1v) is 7.22. The van der Waals surface area contributed by atoms with Crippen LogP contribution in [0.1, 0.15) is 37.8 Å². The van der Waals surface area contributed by atoms with Crippen molar-refractivity contribution in [2.75, 3.05) is 11.9 Å². The van der Waals surface area contributed by atoms with Gasteiger partial charge in [0.25, 0.3) is 0 Å². The third-order valence-electron chi connectivity index (χ3n) is 3.32. The summed E-state index contributed by atoms with van der Waals surface area (Å²) in [6, 6.07) is -0.582. The Balaban J connectivity index is 1.82. The number of hydrogen-bond donors (Lipinski definition) is 4. The van der Waals surface area contributed by atoms with Crippen LogP contribution in [-0.4, -0.2) is 39.3 Å². The predicted octanol–water partition coefficient (Wildman–Crippen LogP) is 1.37. The fourth-order valence-corrected chi connectivity index (χ4v) is 2.49. The standard InChI is InChI=1S/C12H17N3O4S/c1-12(19,9(16)17)6-13-10(18)15-11-14-8(5-20-11)7-3-2-4-7/h5,7,19H,2-4,6H2,1H3,(H,16,17)(H2,13,14,15,18). The highest BCUT2D eigenvalue weighted by molar-refractivity contribution is 7.13. The van der Waals surface area contributed by atoms with Crippen LogP contribution in [-0.2, 0) is 4.79 Å². The van der Waals surface area contributed by atoms with Crippen molar-refractivity contribution >= 4 is 28.5 Å². The third-order valence-corrected chi connectivity index (χ3v) is 4.10. The van der Waals surface area contributed by atoms with Gasteiger partial charge in [-0.05, 0) is 19.8 Å². The molecule has 0 spiro atoms. The number of aromatic nitrogens is 1. The summed E-state index contributed by atoms with van der Waals surface area (Å²) in [5.41, 5.74) is -0.994. The van der Waals surface area contributed by atoms with Crippen molar-refractivity contribution < 1.29 is 19.8 Å². The van der Waals surface area contributed by atoms with E-state index in [1.54, 1.807) is 0 Å². The molecule has 2 rings (SSSR count). The van der Waals surface area contributed by atoms with E-state index in [0.29, 0.717) is 11.0 Å². The van der Waals surface area contributed by atoms with Gasteiger partial charge >= 0.3 is 12.0 Å². The minimum atomic E-state index is -1.99. The maximum Gasteiger partial charge on any atom is 0.337 e. The first-order chi connectivity index (χ1) is 9.38. The SMILES string of the molecule is CC(O)(CNC(=O)Nc1nc(C2CCC2)cs1)C(=O)O. The first-order valence-electron chi connectivity index (χ1n) is 6.34. The van der Waals surface area contributed by atoms with E-state index in [9.17, 15) is 14.7 Å². The highest BCUT2D eigenvalue weighted by Gasteiger charge is 2.30. The Kier molecular flexibility index (Phi) is 4.24. The summed E-state index contributed by atoms with van der Waals surface area (Å²) in [7, 11) is 0. The average Bonchev–Trinajstić information content (AvgIpc) is 2.72. The summed E-state index contributed by atoms with van der Waals surface area (Å²) >= 11 is 1.33. The van der Waals surface area contributed by atoms with Gasteiger partial charge in [0.15, 0.2) is 10.7 Å². The highest BCUT2D eigenvalue weighted by atomic mass is 32.1. The smallest absolute Gasteiger partial charge is 0.337 e. The number of aliphatic hydroxyl groups is 1. The molecule has 1 unspecified atom stereocenters. The van der Waals surface area contributed by atoms with Crippen molar-refractivity contribution in [3.63, 3.8) is 0 Å². The molecule has 0 bridgehead atoms. The number of carboxylic acid groups (broad SMARTS) is 1. The molecule has 0 saturated heterocycles. The van der Waals surface area contributed by atoms with Gasteiger partial charge in [-0.2, -0.15) is 0 Å². The molecule has 1 heterocycles. The van der Waals surface area contributed by atoms with E-state index in [0.717, 1.165) is 25.5 Å². The van der Waals surface area contributed by atoms with Crippen molar-refractivity contribution in [1.82, 2.24) is 10.3 Å². The number of nitrogens with one attached hydrogen (secondary N) is 2. The van der Waals surface area contributed by atoms with Gasteiger partial charge in [-0.3, -0.25) is 5.32 Å². The van der Waals surface area contributed by atoms with E-state index in [4.69, 9.17) is 5.11 Å². The molecule has 8 heteroatoms. The first kappa shape index (κ1) is 14.7. The lowest BCUT2D eigenvalue weighted by Gasteiger charge is -2.22. The Morgan fingerprint density at radius 3 is 2.80 bits per heavy atom. The number of carbonyl (C=O) groups excluding carboxylic acids is 1. The van der Waals surface area contributed by atoms with Gasteiger partial charge in [-0.25, -0.2) is 14.6 Å². The van der Waals surface area contributed by atoms with Crippen molar-refractivity contribution in [3.05, 3.63) is 11.1 Å². The van der Waals surface area contributed by atoms with E-state index in [2.05, 4.69) is 15.6 Å². The van der Waals surface area contributed by atoms with Crippen molar-refractivity contribution in [1.29, 1.82) is 0 Å². The number of hydrogen-bond acceptors (Lipinski definition) is 5. The number of urea groups is 1. The number of nitrogens with zero attached hydrogens (tertiary/aromatic N) is 1. The van der Waals surface area contributed by atoms with Gasteiger partial charge in [0, 0.05) is 11.3 Å². The summed E-state index contributed by atoms with van der Waals surface area (Å²) < 4.78 is 0. The van der Waals surface area contributed by atoms with E-state index < -0.39 is 17.6 Å². The molecule has 1 fully saturated rings. The second-order valence-electron chi connectivity index (χ2n) is 5.09. The van der Waals surface area contributed by atoms with Crippen molar-refractivity contribution in [2.24, 2.45) is 0 Å². The zero-order valence-corrected chi connectivity index (χ0v) is 11.9. The zero-order chi connectivity index (χ0) is 14.8. The molecular formula is C12H17N3O4S. The van der Waals surface area contributed by atoms with Crippen LogP contribution in [0.15, 0.2) is 5.38 Å². The van der Waals surface area contributed by atoms with Crippen molar-refractivity contribution in [2.45, 2.75) is 37.7 Å². The maximum atomic E-state index is 11.6. The molecule has 0 radical (unpaired) electrons. The lowest BCUT2D eigenvalue weighted by atomic mass is 9.83. The summed E-state index contributed by atoms with van der Waals surface area (Å²) in [5, 5.41) is 25.4. The molecule has 110 valence electrons. The number of anilines is 1. The summed E-state index contributed by atoms with van der Waals surface area (Å²) in [6.07, 6.45) is 3.49. The summed E-state index contributed by atoms with van der Waals surface area (Å²) in [5.74, 6) is -0.892. The van der Waals surface area contributed by atoms with E-state index in [-0.39, 0.29) is 6.54 Å². The van der Waals surface area contributed by atoms with Gasteiger partial charge in [0.1, 0.15) is 0 Å². The van der Waals surface area contributed by atoms with Crippen molar-refractivity contribution in [3.8, 4) is 0 Å². The molecule has 1 saturated carbocycles. The lowest BCUT2D eigenvalue weighted by Crippen LogP contribution is -2.47. The fraction of sp³-hybridized carbons (Fsp3) is 0.583. The normalized spacial score (nSPS) is 17.9. The molecule has 1 aliphatic carbocycles. The molecular weight excluding hydrogens is 282 g/mol. The molecule has 1 atom stereocenters. The number of carbonyl (C=O) groups is 2. The van der Waals surface area contributed by atoms with E-state index in [1.165, 1.54) is 17.8 Å². The van der Waals surface area contributed by atoms with Crippen LogP contribution in [0.25, 0.3) is 0 Å². The monoisotopic (exact) mass is 299 g/mol. The molecule has 1 aromatic rings. The Hall–Kier alpha value is -1.67. The molecule has 2 amide bonds. The van der Waals surface area contributed by atoms with Crippen LogP contribution in [0.2, 0.25) is 0 Å². The minimum Gasteiger partial charge on any atom is -0.479 e. The maximum absolute atomic E-state index is 11.6. The second kappa shape index (κ2) is 5.76. The van der Waals surface area contributed by atoms with Crippen LogP contribution in [0.4, 0.5) is 9.93 Å². The summed E-state index contributed by atoms with van der Waals surface area (Å²) in [4.78, 5) is 26.6. The number of thiazole rings is 1. The number of carboxylic acids is 1. The Labute approximate surface area is 120 Å². The lowest BCUT2D eigenvalue weighted by molar-refractivity contribution is -0.155. The van der Waals surface area contributed by atoms with Crippen LogP contribution >= 0.6 is 11.3 Å². The molecule has 1 aliphatic rings. The molecule has 20 heavy (non-hydrogen) atoms. The van der Waals surface area contributed by atoms with E-state index >= 15 is 0 Å². The minimum absolute atomic E-state index is 0.380. The van der Waals surface area contributed by atoms with Gasteiger partial charge in [0.05, 0.1) is 12.2 Å². The predicted molar refractivity (Wildman–Crippen MR) is 74.0 cm³/mol.